The van der Waals surface area contributed by atoms with Crippen LogP contribution >= 0.6 is 0 Å². The average Bonchev–Trinajstić information content (AvgIpc) is 2.28. The first-order valence-corrected chi connectivity index (χ1v) is 7.37. The van der Waals surface area contributed by atoms with E-state index in [0.29, 0.717) is 12.8 Å². The monoisotopic (exact) mass is 245 g/mol. The average molecular weight is 245 g/mol. The maximum atomic E-state index is 11.5. The molecule has 3 nitrogen and oxygen atoms in total. The first kappa shape index (κ1) is 15.5. The molecule has 0 bridgehead atoms. The second-order valence-corrected chi connectivity index (χ2v) is 5.49. The number of hydrogen-bond acceptors (Lipinski definition) is 3. The summed E-state index contributed by atoms with van der Waals surface area (Å²) < 4.78 is 7.58. The zero-order valence-corrected chi connectivity index (χ0v) is 11.2. The molecular formula is C12H23NO2S. The zero-order chi connectivity index (χ0) is 12.4. The minimum atomic E-state index is -1.39. The lowest BCUT2D eigenvalue weighted by Crippen LogP contribution is -2.15. The van der Waals surface area contributed by atoms with Crippen LogP contribution in [-0.2, 0) is 20.3 Å². The van der Waals surface area contributed by atoms with E-state index >= 15 is 0 Å². The Labute approximate surface area is 101 Å². The van der Waals surface area contributed by atoms with Gasteiger partial charge < -0.3 is 0 Å². The summed E-state index contributed by atoms with van der Waals surface area (Å²) in [4.78, 5) is 23.0. The molecule has 0 aliphatic rings. The van der Waals surface area contributed by atoms with Crippen molar-refractivity contribution in [3.05, 3.63) is 0 Å². The molecule has 0 aromatic carbocycles. The van der Waals surface area contributed by atoms with Crippen molar-refractivity contribution in [3.8, 4) is 0 Å². The third-order valence-electron chi connectivity index (χ3n) is 2.42. The van der Waals surface area contributed by atoms with Crippen LogP contribution < -0.4 is 0 Å². The molecule has 0 amide bonds. The highest BCUT2D eigenvalue weighted by Crippen LogP contribution is 2.07. The van der Waals surface area contributed by atoms with Crippen molar-refractivity contribution in [3.63, 3.8) is 0 Å². The molecule has 0 saturated carbocycles. The van der Waals surface area contributed by atoms with Crippen LogP contribution in [-0.4, -0.2) is 10.2 Å². The van der Waals surface area contributed by atoms with E-state index in [4.69, 9.17) is 4.78 Å². The number of carbonyl (C=O) groups is 2. The highest BCUT2D eigenvalue weighted by Gasteiger charge is 2.15. The van der Waals surface area contributed by atoms with E-state index in [1.807, 2.05) is 0 Å². The van der Waals surface area contributed by atoms with Gasteiger partial charge in [0, 0.05) is 23.5 Å². The Morgan fingerprint density at radius 1 is 0.875 bits per heavy atom. The summed E-state index contributed by atoms with van der Waals surface area (Å²) in [5.74, 6) is 0. The maximum absolute atomic E-state index is 11.5. The lowest BCUT2D eigenvalue weighted by Gasteiger charge is -2.03. The Bertz CT molecular complexity index is 227. The van der Waals surface area contributed by atoms with Crippen LogP contribution in [0.25, 0.3) is 0 Å². The summed E-state index contributed by atoms with van der Waals surface area (Å²) in [6.07, 6.45) is 6.58. The van der Waals surface area contributed by atoms with Crippen LogP contribution in [0.15, 0.2) is 0 Å². The van der Waals surface area contributed by atoms with Gasteiger partial charge in [0.15, 0.2) is 0 Å². The molecule has 1 N–H and O–H groups in total. The molecule has 0 fully saturated rings. The lowest BCUT2D eigenvalue weighted by atomic mass is 10.2. The highest BCUT2D eigenvalue weighted by atomic mass is 32.2. The van der Waals surface area contributed by atoms with Crippen LogP contribution in [0, 0.1) is 4.78 Å². The van der Waals surface area contributed by atoms with Crippen molar-refractivity contribution in [2.45, 2.75) is 65.2 Å². The molecule has 0 aromatic rings. The topological polar surface area (TPSA) is 58.0 Å². The predicted octanol–water partition coefficient (Wildman–Crippen LogP) is 3.58. The summed E-state index contributed by atoms with van der Waals surface area (Å²) in [5.41, 5.74) is 0. The number of unbranched alkanes of at least 4 members (excludes halogenated alkanes) is 4. The van der Waals surface area contributed by atoms with Crippen LogP contribution in [0.5, 0.6) is 0 Å². The van der Waals surface area contributed by atoms with Crippen LogP contribution in [0.1, 0.15) is 65.2 Å². The van der Waals surface area contributed by atoms with Crippen molar-refractivity contribution in [1.29, 1.82) is 4.78 Å². The molecule has 94 valence electrons. The molecule has 0 saturated heterocycles. The molecule has 0 radical (unpaired) electrons. The Morgan fingerprint density at radius 3 is 1.56 bits per heavy atom. The third kappa shape index (κ3) is 6.88. The molecule has 0 aromatic heterocycles. The van der Waals surface area contributed by atoms with E-state index in [2.05, 4.69) is 13.8 Å². The molecule has 4 heteroatoms. The molecule has 0 unspecified atom stereocenters. The van der Waals surface area contributed by atoms with Crippen molar-refractivity contribution in [1.82, 2.24) is 0 Å². The van der Waals surface area contributed by atoms with E-state index in [9.17, 15) is 9.59 Å². The number of hydrogen-bond donors (Lipinski definition) is 1. The molecule has 16 heavy (non-hydrogen) atoms. The Morgan fingerprint density at radius 2 is 1.25 bits per heavy atom. The lowest BCUT2D eigenvalue weighted by molar-refractivity contribution is -0.113. The molecule has 0 aliphatic carbocycles. The standard InChI is InChI=1S/C12H23NO2S/c1-3-5-7-9-11(14)16(13)12(15)10-8-6-4-2/h13H,3-10H2,1-2H3. The normalized spacial score (nSPS) is 10.7. The number of rotatable bonds is 8. The third-order valence-corrected chi connectivity index (χ3v) is 3.74. The highest BCUT2D eigenvalue weighted by molar-refractivity contribution is 8.14. The van der Waals surface area contributed by atoms with E-state index in [0.717, 1.165) is 38.5 Å². The molecular weight excluding hydrogens is 222 g/mol. The van der Waals surface area contributed by atoms with Crippen molar-refractivity contribution < 1.29 is 9.59 Å². The zero-order valence-electron chi connectivity index (χ0n) is 10.4. The van der Waals surface area contributed by atoms with Gasteiger partial charge in [0.05, 0.1) is 0 Å². The van der Waals surface area contributed by atoms with Gasteiger partial charge in [0.1, 0.15) is 0 Å². The van der Waals surface area contributed by atoms with E-state index in [-0.39, 0.29) is 10.2 Å². The Balaban J connectivity index is 3.83. The summed E-state index contributed by atoms with van der Waals surface area (Å²) in [7, 11) is -1.39. The fraction of sp³-hybridized carbons (Fsp3) is 0.833. The fourth-order valence-electron chi connectivity index (χ4n) is 1.37. The van der Waals surface area contributed by atoms with Crippen molar-refractivity contribution in [2.24, 2.45) is 0 Å². The molecule has 0 aliphatic heterocycles. The summed E-state index contributed by atoms with van der Waals surface area (Å²) >= 11 is 0. The van der Waals surface area contributed by atoms with Gasteiger partial charge in [-0.1, -0.05) is 39.5 Å². The quantitative estimate of drug-likeness (QED) is 0.664. The number of carbonyl (C=O) groups excluding carboxylic acids is 2. The Hall–Kier alpha value is -0.510. The number of nitrogens with one attached hydrogen (secondary N) is 1. The van der Waals surface area contributed by atoms with Crippen molar-refractivity contribution in [2.75, 3.05) is 0 Å². The first-order valence-electron chi connectivity index (χ1n) is 6.14. The van der Waals surface area contributed by atoms with Gasteiger partial charge in [-0.3, -0.25) is 14.4 Å². The minimum Gasteiger partial charge on any atom is -0.286 e. The van der Waals surface area contributed by atoms with Gasteiger partial charge in [-0.15, -0.1) is 0 Å². The fourth-order valence-corrected chi connectivity index (χ4v) is 2.32. The molecule has 0 rings (SSSR count). The summed E-state index contributed by atoms with van der Waals surface area (Å²) in [5, 5.41) is -0.343. The van der Waals surface area contributed by atoms with Crippen LogP contribution in [0.4, 0.5) is 0 Å². The predicted molar refractivity (Wildman–Crippen MR) is 68.4 cm³/mol. The molecule has 0 atom stereocenters. The van der Waals surface area contributed by atoms with Crippen LogP contribution in [0.3, 0.4) is 0 Å². The van der Waals surface area contributed by atoms with Gasteiger partial charge in [-0.25, -0.2) is 0 Å². The smallest absolute Gasteiger partial charge is 0.206 e. The largest absolute Gasteiger partial charge is 0.286 e. The SMILES string of the molecule is CCCCCC(=O)S(=N)C(=O)CCCCC. The van der Waals surface area contributed by atoms with Gasteiger partial charge in [-0.05, 0) is 12.8 Å². The Kier molecular flexibility index (Phi) is 9.39. The van der Waals surface area contributed by atoms with Crippen LogP contribution in [0.2, 0.25) is 0 Å². The van der Waals surface area contributed by atoms with Gasteiger partial charge in [-0.2, -0.15) is 0 Å². The van der Waals surface area contributed by atoms with E-state index < -0.39 is 10.7 Å². The summed E-state index contributed by atoms with van der Waals surface area (Å²) in [6, 6.07) is 0. The first-order chi connectivity index (χ1) is 7.63. The van der Waals surface area contributed by atoms with E-state index in [1.165, 1.54) is 0 Å². The molecule has 0 heterocycles. The molecule has 0 spiro atoms. The van der Waals surface area contributed by atoms with Gasteiger partial charge >= 0.3 is 0 Å². The summed E-state index contributed by atoms with van der Waals surface area (Å²) in [6.45, 7) is 4.14. The second kappa shape index (κ2) is 9.70. The van der Waals surface area contributed by atoms with E-state index in [1.54, 1.807) is 0 Å². The van der Waals surface area contributed by atoms with Gasteiger partial charge in [0.2, 0.25) is 10.2 Å². The van der Waals surface area contributed by atoms with Gasteiger partial charge in [0.25, 0.3) is 0 Å². The van der Waals surface area contributed by atoms with Crippen molar-refractivity contribution >= 4 is 20.9 Å². The maximum Gasteiger partial charge on any atom is 0.206 e. The minimum absolute atomic E-state index is 0.171. The second-order valence-electron chi connectivity index (χ2n) is 3.96.